The standard InChI is InChI=1S/C19H20FNO5/c1-24-14-8-10-15(11-9-14)25-12-4-7-19(23)26-13-18(22)21-17-6-3-2-5-16(17)20/h2-3,5-6,8-11H,4,7,12-13H2,1H3,(H,21,22). The zero-order valence-corrected chi connectivity index (χ0v) is 14.4. The van der Waals surface area contributed by atoms with E-state index in [0.717, 1.165) is 5.75 Å². The highest BCUT2D eigenvalue weighted by atomic mass is 19.1. The average molecular weight is 361 g/mol. The van der Waals surface area contributed by atoms with Crippen molar-refractivity contribution in [3.05, 3.63) is 54.3 Å². The van der Waals surface area contributed by atoms with E-state index in [1.165, 1.54) is 18.2 Å². The number of halogens is 1. The van der Waals surface area contributed by atoms with Crippen LogP contribution in [0.15, 0.2) is 48.5 Å². The predicted octanol–water partition coefficient (Wildman–Crippen LogP) is 3.18. The molecule has 7 heteroatoms. The lowest BCUT2D eigenvalue weighted by molar-refractivity contribution is -0.147. The van der Waals surface area contributed by atoms with E-state index in [2.05, 4.69) is 5.32 Å². The number of rotatable bonds is 9. The largest absolute Gasteiger partial charge is 0.497 e. The zero-order chi connectivity index (χ0) is 18.8. The highest BCUT2D eigenvalue weighted by Crippen LogP contribution is 2.17. The second-order valence-corrected chi connectivity index (χ2v) is 5.32. The minimum Gasteiger partial charge on any atom is -0.497 e. The first-order valence-corrected chi connectivity index (χ1v) is 8.05. The summed E-state index contributed by atoms with van der Waals surface area (Å²) in [5, 5.41) is 2.34. The quantitative estimate of drug-likeness (QED) is 0.549. The molecule has 1 N–H and O–H groups in total. The smallest absolute Gasteiger partial charge is 0.306 e. The normalized spacial score (nSPS) is 10.1. The van der Waals surface area contributed by atoms with Gasteiger partial charge in [0.25, 0.3) is 5.91 Å². The monoisotopic (exact) mass is 361 g/mol. The second kappa shape index (κ2) is 10.0. The molecule has 0 aromatic heterocycles. The van der Waals surface area contributed by atoms with Gasteiger partial charge in [-0.2, -0.15) is 0 Å². The summed E-state index contributed by atoms with van der Waals surface area (Å²) in [5.41, 5.74) is 0.0430. The van der Waals surface area contributed by atoms with Gasteiger partial charge in [0.15, 0.2) is 6.61 Å². The van der Waals surface area contributed by atoms with Crippen molar-refractivity contribution in [1.29, 1.82) is 0 Å². The summed E-state index contributed by atoms with van der Waals surface area (Å²) in [6.07, 6.45) is 0.558. The van der Waals surface area contributed by atoms with E-state index in [4.69, 9.17) is 14.2 Å². The van der Waals surface area contributed by atoms with Gasteiger partial charge in [0, 0.05) is 6.42 Å². The van der Waals surface area contributed by atoms with Crippen molar-refractivity contribution in [2.75, 3.05) is 25.6 Å². The molecule has 1 amide bonds. The number of carbonyl (C=O) groups is 2. The van der Waals surface area contributed by atoms with Crippen LogP contribution >= 0.6 is 0 Å². The fraction of sp³-hybridized carbons (Fsp3) is 0.263. The van der Waals surface area contributed by atoms with Gasteiger partial charge in [-0.25, -0.2) is 4.39 Å². The lowest BCUT2D eigenvalue weighted by atomic mass is 10.3. The van der Waals surface area contributed by atoms with Crippen molar-refractivity contribution in [1.82, 2.24) is 0 Å². The molecular formula is C19H20FNO5. The fourth-order valence-corrected chi connectivity index (χ4v) is 2.05. The molecule has 0 heterocycles. The van der Waals surface area contributed by atoms with E-state index in [-0.39, 0.29) is 12.1 Å². The number of carbonyl (C=O) groups excluding carboxylic acids is 2. The van der Waals surface area contributed by atoms with Crippen molar-refractivity contribution in [3.8, 4) is 11.5 Å². The van der Waals surface area contributed by atoms with Crippen LogP contribution in [0.3, 0.4) is 0 Å². The number of methoxy groups -OCH3 is 1. The SMILES string of the molecule is COc1ccc(OCCCC(=O)OCC(=O)Nc2ccccc2F)cc1. The van der Waals surface area contributed by atoms with E-state index in [9.17, 15) is 14.0 Å². The summed E-state index contributed by atoms with van der Waals surface area (Å²) in [7, 11) is 1.58. The van der Waals surface area contributed by atoms with Crippen LogP contribution in [0.25, 0.3) is 0 Å². The van der Waals surface area contributed by atoms with Gasteiger partial charge in [-0.05, 0) is 42.8 Å². The van der Waals surface area contributed by atoms with E-state index < -0.39 is 24.3 Å². The van der Waals surface area contributed by atoms with Gasteiger partial charge in [-0.1, -0.05) is 12.1 Å². The molecule has 2 aromatic carbocycles. The minimum atomic E-state index is -0.599. The molecule has 0 bridgehead atoms. The van der Waals surface area contributed by atoms with Crippen molar-refractivity contribution < 1.29 is 28.2 Å². The third kappa shape index (κ3) is 6.43. The number of amides is 1. The Hall–Kier alpha value is -3.09. The number of ether oxygens (including phenoxy) is 3. The Labute approximate surface area is 150 Å². The molecule has 0 unspecified atom stereocenters. The van der Waals surface area contributed by atoms with Crippen LogP contribution in [-0.4, -0.2) is 32.2 Å². The van der Waals surface area contributed by atoms with Crippen molar-refractivity contribution in [2.45, 2.75) is 12.8 Å². The van der Waals surface area contributed by atoms with E-state index >= 15 is 0 Å². The Balaban J connectivity index is 1.61. The summed E-state index contributed by atoms with van der Waals surface area (Å²) >= 11 is 0. The predicted molar refractivity (Wildman–Crippen MR) is 93.7 cm³/mol. The summed E-state index contributed by atoms with van der Waals surface area (Å²) < 4.78 is 28.8. The molecule has 2 rings (SSSR count). The highest BCUT2D eigenvalue weighted by molar-refractivity contribution is 5.92. The Kier molecular flexibility index (Phi) is 7.42. The molecule has 0 saturated carbocycles. The third-order valence-electron chi connectivity index (χ3n) is 3.37. The maximum atomic E-state index is 13.4. The summed E-state index contributed by atoms with van der Waals surface area (Å²) in [5.74, 6) is -0.272. The molecule has 138 valence electrons. The summed E-state index contributed by atoms with van der Waals surface area (Å²) in [4.78, 5) is 23.3. The molecule has 2 aromatic rings. The lowest BCUT2D eigenvalue weighted by Crippen LogP contribution is -2.21. The van der Waals surface area contributed by atoms with Crippen LogP contribution in [0.2, 0.25) is 0 Å². The van der Waals surface area contributed by atoms with Crippen LogP contribution in [-0.2, 0) is 14.3 Å². The molecule has 0 saturated heterocycles. The van der Waals surface area contributed by atoms with Gasteiger partial charge in [0.2, 0.25) is 0 Å². The maximum Gasteiger partial charge on any atom is 0.306 e. The van der Waals surface area contributed by atoms with E-state index in [0.29, 0.717) is 18.8 Å². The third-order valence-corrected chi connectivity index (χ3v) is 3.37. The lowest BCUT2D eigenvalue weighted by Gasteiger charge is -2.08. The van der Waals surface area contributed by atoms with Crippen LogP contribution in [0, 0.1) is 5.82 Å². The van der Waals surface area contributed by atoms with Crippen molar-refractivity contribution in [3.63, 3.8) is 0 Å². The van der Waals surface area contributed by atoms with Crippen LogP contribution in [0.1, 0.15) is 12.8 Å². The summed E-state index contributed by atoms with van der Waals surface area (Å²) in [6, 6.07) is 12.8. The summed E-state index contributed by atoms with van der Waals surface area (Å²) in [6.45, 7) is -0.130. The van der Waals surface area contributed by atoms with Crippen LogP contribution in [0.5, 0.6) is 11.5 Å². The first kappa shape index (κ1) is 19.2. The number of benzene rings is 2. The highest BCUT2D eigenvalue weighted by Gasteiger charge is 2.10. The Morgan fingerprint density at radius 1 is 1.04 bits per heavy atom. The van der Waals surface area contributed by atoms with Gasteiger partial charge in [0.05, 0.1) is 19.4 Å². The van der Waals surface area contributed by atoms with Gasteiger partial charge in [-0.3, -0.25) is 9.59 Å². The van der Waals surface area contributed by atoms with Crippen molar-refractivity contribution in [2.24, 2.45) is 0 Å². The second-order valence-electron chi connectivity index (χ2n) is 5.32. The molecule has 6 nitrogen and oxygen atoms in total. The molecule has 0 atom stereocenters. The maximum absolute atomic E-state index is 13.4. The van der Waals surface area contributed by atoms with Crippen LogP contribution < -0.4 is 14.8 Å². The topological polar surface area (TPSA) is 73.9 Å². The first-order valence-electron chi connectivity index (χ1n) is 8.05. The zero-order valence-electron chi connectivity index (χ0n) is 14.4. The molecule has 26 heavy (non-hydrogen) atoms. The molecule has 0 aliphatic carbocycles. The van der Waals surface area contributed by atoms with E-state index in [1.807, 2.05) is 0 Å². The Bertz CT molecular complexity index is 733. The number of nitrogens with one attached hydrogen (secondary N) is 1. The number of hydrogen-bond donors (Lipinski definition) is 1. The van der Waals surface area contributed by atoms with Gasteiger partial charge in [-0.15, -0.1) is 0 Å². The van der Waals surface area contributed by atoms with Gasteiger partial charge < -0.3 is 19.5 Å². The van der Waals surface area contributed by atoms with Crippen molar-refractivity contribution >= 4 is 17.6 Å². The van der Waals surface area contributed by atoms with Gasteiger partial charge >= 0.3 is 5.97 Å². The molecular weight excluding hydrogens is 341 g/mol. The molecule has 0 radical (unpaired) electrons. The minimum absolute atomic E-state index is 0.0430. The van der Waals surface area contributed by atoms with Gasteiger partial charge in [0.1, 0.15) is 17.3 Å². The number of esters is 1. The number of para-hydroxylation sites is 1. The number of hydrogen-bond acceptors (Lipinski definition) is 5. The fourth-order valence-electron chi connectivity index (χ4n) is 2.05. The average Bonchev–Trinajstić information content (AvgIpc) is 2.66. The van der Waals surface area contributed by atoms with Crippen LogP contribution in [0.4, 0.5) is 10.1 Å². The van der Waals surface area contributed by atoms with E-state index in [1.54, 1.807) is 37.4 Å². The Morgan fingerprint density at radius 2 is 1.73 bits per heavy atom. The molecule has 0 spiro atoms. The molecule has 0 aliphatic rings. The number of anilines is 1. The first-order chi connectivity index (χ1) is 12.6. The molecule has 0 aliphatic heterocycles. The Morgan fingerprint density at radius 3 is 2.42 bits per heavy atom. The molecule has 0 fully saturated rings.